The third-order valence-electron chi connectivity index (χ3n) is 3.25. The number of nitrogens with zero attached hydrogens (tertiary/aromatic N) is 1. The molecular formula is C12H18N2. The van der Waals surface area contributed by atoms with Crippen molar-refractivity contribution in [2.75, 3.05) is 0 Å². The number of hydrogen-bond donors (Lipinski definition) is 1. The predicted molar refractivity (Wildman–Crippen MR) is 57.7 cm³/mol. The number of rotatable bonds is 2. The summed E-state index contributed by atoms with van der Waals surface area (Å²) in [5.41, 5.74) is 7.48. The maximum atomic E-state index is 6.24. The van der Waals surface area contributed by atoms with Gasteiger partial charge in [0.1, 0.15) is 0 Å². The highest BCUT2D eigenvalue weighted by molar-refractivity contribution is 5.15. The van der Waals surface area contributed by atoms with E-state index in [9.17, 15) is 0 Å². The molecular weight excluding hydrogens is 172 g/mol. The van der Waals surface area contributed by atoms with Crippen LogP contribution in [0.15, 0.2) is 24.5 Å². The van der Waals surface area contributed by atoms with Gasteiger partial charge < -0.3 is 5.73 Å². The van der Waals surface area contributed by atoms with Crippen LogP contribution in [0, 0.1) is 5.92 Å². The van der Waals surface area contributed by atoms with E-state index in [0.29, 0.717) is 5.92 Å². The van der Waals surface area contributed by atoms with Gasteiger partial charge in [-0.2, -0.15) is 0 Å². The van der Waals surface area contributed by atoms with Crippen LogP contribution in [0.2, 0.25) is 0 Å². The summed E-state index contributed by atoms with van der Waals surface area (Å²) < 4.78 is 0. The van der Waals surface area contributed by atoms with Crippen LogP contribution >= 0.6 is 0 Å². The molecule has 76 valence electrons. The minimum atomic E-state index is 0.221. The molecule has 0 saturated heterocycles. The van der Waals surface area contributed by atoms with Crippen molar-refractivity contribution in [3.63, 3.8) is 0 Å². The molecule has 2 nitrogen and oxygen atoms in total. The molecule has 0 amide bonds. The first kappa shape index (κ1) is 9.66. The largest absolute Gasteiger partial charge is 0.324 e. The van der Waals surface area contributed by atoms with Crippen molar-refractivity contribution in [2.24, 2.45) is 11.7 Å². The molecule has 1 aliphatic rings. The Kier molecular flexibility index (Phi) is 3.14. The van der Waals surface area contributed by atoms with Crippen molar-refractivity contribution in [3.8, 4) is 0 Å². The second-order valence-electron chi connectivity index (χ2n) is 4.20. The first-order valence-electron chi connectivity index (χ1n) is 5.53. The van der Waals surface area contributed by atoms with E-state index in [1.165, 1.54) is 37.7 Å². The standard InChI is InChI=1S/C12H18N2/c13-12(10-4-2-1-3-5-10)11-6-8-14-9-7-11/h6-10,12H,1-5,13H2/t12-/m0/s1. The van der Waals surface area contributed by atoms with Gasteiger partial charge in [0, 0.05) is 18.4 Å². The van der Waals surface area contributed by atoms with Crippen LogP contribution in [0.3, 0.4) is 0 Å². The van der Waals surface area contributed by atoms with Crippen molar-refractivity contribution in [1.29, 1.82) is 0 Å². The second-order valence-corrected chi connectivity index (χ2v) is 4.20. The van der Waals surface area contributed by atoms with E-state index in [2.05, 4.69) is 4.98 Å². The molecule has 2 heteroatoms. The van der Waals surface area contributed by atoms with Crippen molar-refractivity contribution < 1.29 is 0 Å². The summed E-state index contributed by atoms with van der Waals surface area (Å²) in [4.78, 5) is 4.02. The lowest BCUT2D eigenvalue weighted by Crippen LogP contribution is -2.23. The first-order chi connectivity index (χ1) is 6.88. The Morgan fingerprint density at radius 1 is 1.14 bits per heavy atom. The molecule has 1 fully saturated rings. The molecule has 2 N–H and O–H groups in total. The summed E-state index contributed by atoms with van der Waals surface area (Å²) in [6, 6.07) is 4.30. The monoisotopic (exact) mass is 190 g/mol. The summed E-state index contributed by atoms with van der Waals surface area (Å²) >= 11 is 0. The Balaban J connectivity index is 2.03. The lowest BCUT2D eigenvalue weighted by molar-refractivity contribution is 0.308. The van der Waals surface area contributed by atoms with Crippen molar-refractivity contribution in [3.05, 3.63) is 30.1 Å². The number of hydrogen-bond acceptors (Lipinski definition) is 2. The average Bonchev–Trinajstić information content (AvgIpc) is 2.30. The average molecular weight is 190 g/mol. The molecule has 1 aromatic heterocycles. The maximum Gasteiger partial charge on any atom is 0.0324 e. The lowest BCUT2D eigenvalue weighted by atomic mass is 9.82. The van der Waals surface area contributed by atoms with Gasteiger partial charge in [-0.15, -0.1) is 0 Å². The third-order valence-corrected chi connectivity index (χ3v) is 3.25. The van der Waals surface area contributed by atoms with E-state index in [1.54, 1.807) is 0 Å². The topological polar surface area (TPSA) is 38.9 Å². The highest BCUT2D eigenvalue weighted by Crippen LogP contribution is 2.32. The zero-order chi connectivity index (χ0) is 9.80. The minimum absolute atomic E-state index is 0.221. The van der Waals surface area contributed by atoms with Gasteiger partial charge in [-0.3, -0.25) is 4.98 Å². The molecule has 0 aromatic carbocycles. The highest BCUT2D eigenvalue weighted by atomic mass is 14.7. The Morgan fingerprint density at radius 3 is 2.43 bits per heavy atom. The normalized spacial score (nSPS) is 20.6. The zero-order valence-corrected chi connectivity index (χ0v) is 8.52. The van der Waals surface area contributed by atoms with Gasteiger partial charge in [0.25, 0.3) is 0 Å². The van der Waals surface area contributed by atoms with Crippen LogP contribution in [-0.4, -0.2) is 4.98 Å². The van der Waals surface area contributed by atoms with Crippen LogP contribution in [0.25, 0.3) is 0 Å². The maximum absolute atomic E-state index is 6.24. The molecule has 1 aliphatic carbocycles. The van der Waals surface area contributed by atoms with Crippen LogP contribution in [0.5, 0.6) is 0 Å². The molecule has 0 radical (unpaired) electrons. The van der Waals surface area contributed by atoms with Crippen LogP contribution in [0.4, 0.5) is 0 Å². The van der Waals surface area contributed by atoms with Gasteiger partial charge in [0.15, 0.2) is 0 Å². The second kappa shape index (κ2) is 4.56. The predicted octanol–water partition coefficient (Wildman–Crippen LogP) is 2.66. The molecule has 2 rings (SSSR count). The molecule has 0 bridgehead atoms. The molecule has 0 spiro atoms. The molecule has 1 heterocycles. The van der Waals surface area contributed by atoms with Gasteiger partial charge in [-0.25, -0.2) is 0 Å². The van der Waals surface area contributed by atoms with Gasteiger partial charge in [-0.1, -0.05) is 19.3 Å². The Labute approximate surface area is 85.5 Å². The fourth-order valence-corrected chi connectivity index (χ4v) is 2.35. The minimum Gasteiger partial charge on any atom is -0.324 e. The van der Waals surface area contributed by atoms with Crippen molar-refractivity contribution in [2.45, 2.75) is 38.1 Å². The summed E-state index contributed by atoms with van der Waals surface area (Å²) in [7, 11) is 0. The van der Waals surface area contributed by atoms with E-state index in [-0.39, 0.29) is 6.04 Å². The number of nitrogens with two attached hydrogens (primary N) is 1. The highest BCUT2D eigenvalue weighted by Gasteiger charge is 2.21. The summed E-state index contributed by atoms with van der Waals surface area (Å²) in [5, 5.41) is 0. The zero-order valence-electron chi connectivity index (χ0n) is 8.52. The van der Waals surface area contributed by atoms with E-state index in [4.69, 9.17) is 5.73 Å². The fourth-order valence-electron chi connectivity index (χ4n) is 2.35. The third kappa shape index (κ3) is 2.13. The van der Waals surface area contributed by atoms with Gasteiger partial charge in [0.2, 0.25) is 0 Å². The van der Waals surface area contributed by atoms with Crippen LogP contribution in [-0.2, 0) is 0 Å². The van der Waals surface area contributed by atoms with Crippen molar-refractivity contribution in [1.82, 2.24) is 4.98 Å². The summed E-state index contributed by atoms with van der Waals surface area (Å²) in [5.74, 6) is 0.686. The Hall–Kier alpha value is -0.890. The van der Waals surface area contributed by atoms with Gasteiger partial charge >= 0.3 is 0 Å². The molecule has 14 heavy (non-hydrogen) atoms. The number of pyridine rings is 1. The van der Waals surface area contributed by atoms with Gasteiger partial charge in [-0.05, 0) is 36.5 Å². The molecule has 1 atom stereocenters. The molecule has 0 unspecified atom stereocenters. The lowest BCUT2D eigenvalue weighted by Gasteiger charge is -2.27. The first-order valence-corrected chi connectivity index (χ1v) is 5.53. The SMILES string of the molecule is N[C@H](c1ccncc1)C1CCCCC1. The number of aromatic nitrogens is 1. The quantitative estimate of drug-likeness (QED) is 0.778. The van der Waals surface area contributed by atoms with Crippen LogP contribution in [0.1, 0.15) is 43.7 Å². The molecule has 1 aromatic rings. The van der Waals surface area contributed by atoms with Crippen LogP contribution < -0.4 is 5.73 Å². The van der Waals surface area contributed by atoms with E-state index in [1.807, 2.05) is 24.5 Å². The van der Waals surface area contributed by atoms with E-state index in [0.717, 1.165) is 0 Å². The Morgan fingerprint density at radius 2 is 1.79 bits per heavy atom. The summed E-state index contributed by atoms with van der Waals surface area (Å²) in [6.45, 7) is 0. The molecule has 0 aliphatic heterocycles. The van der Waals surface area contributed by atoms with Gasteiger partial charge in [0.05, 0.1) is 0 Å². The molecule has 1 saturated carbocycles. The smallest absolute Gasteiger partial charge is 0.0324 e. The van der Waals surface area contributed by atoms with Crippen molar-refractivity contribution >= 4 is 0 Å². The Bertz CT molecular complexity index is 265. The van der Waals surface area contributed by atoms with E-state index >= 15 is 0 Å². The van der Waals surface area contributed by atoms with E-state index < -0.39 is 0 Å². The fraction of sp³-hybridized carbons (Fsp3) is 0.583. The summed E-state index contributed by atoms with van der Waals surface area (Å²) in [6.07, 6.45) is 10.3.